The molecule has 1 aromatic heterocycles. The largest absolute Gasteiger partial charge is 0.495 e. The molecule has 142 valence electrons. The number of benzene rings is 1. The van der Waals surface area contributed by atoms with E-state index in [1.54, 1.807) is 28.7 Å². The minimum Gasteiger partial charge on any atom is -0.495 e. The van der Waals surface area contributed by atoms with Gasteiger partial charge in [-0.3, -0.25) is 4.57 Å². The van der Waals surface area contributed by atoms with Crippen molar-refractivity contribution in [2.75, 3.05) is 20.2 Å². The van der Waals surface area contributed by atoms with E-state index in [4.69, 9.17) is 21.1 Å². The third-order valence-electron chi connectivity index (χ3n) is 4.47. The summed E-state index contributed by atoms with van der Waals surface area (Å²) in [4.78, 5) is 29.2. The average Bonchev–Trinajstić information content (AvgIpc) is 2.87. The van der Waals surface area contributed by atoms with Crippen LogP contribution >= 0.6 is 11.6 Å². The van der Waals surface area contributed by atoms with Crippen molar-refractivity contribution >= 4 is 28.7 Å². The second kappa shape index (κ2) is 6.87. The molecule has 1 aliphatic heterocycles. The van der Waals surface area contributed by atoms with Gasteiger partial charge in [0.25, 0.3) is 0 Å². The molecule has 0 radical (unpaired) electrons. The molecule has 1 N–H and O–H groups in total. The molecule has 2 aromatic rings. The van der Waals surface area contributed by atoms with E-state index in [9.17, 15) is 9.59 Å². The van der Waals surface area contributed by atoms with Gasteiger partial charge in [-0.25, -0.2) is 9.59 Å². The number of methoxy groups -OCH3 is 1. The number of nitrogens with one attached hydrogen (secondary N) is 1. The van der Waals surface area contributed by atoms with Crippen molar-refractivity contribution in [2.45, 2.75) is 45.3 Å². The number of ether oxygens (including phenoxy) is 2. The molecule has 8 heteroatoms. The predicted octanol–water partition coefficient (Wildman–Crippen LogP) is 3.56. The number of piperidine rings is 1. The summed E-state index contributed by atoms with van der Waals surface area (Å²) in [6, 6.07) is 3.47. The highest BCUT2D eigenvalue weighted by Crippen LogP contribution is 2.31. The Balaban J connectivity index is 1.80. The third kappa shape index (κ3) is 3.67. The summed E-state index contributed by atoms with van der Waals surface area (Å²) < 4.78 is 12.4. The first-order valence-corrected chi connectivity index (χ1v) is 9.03. The van der Waals surface area contributed by atoms with Crippen molar-refractivity contribution in [2.24, 2.45) is 0 Å². The Morgan fingerprint density at radius 3 is 2.50 bits per heavy atom. The summed E-state index contributed by atoms with van der Waals surface area (Å²) in [6.07, 6.45) is 1.05. The van der Waals surface area contributed by atoms with Crippen LogP contribution in [0.3, 0.4) is 0 Å². The highest BCUT2D eigenvalue weighted by atomic mass is 35.5. The van der Waals surface area contributed by atoms with Gasteiger partial charge in [-0.1, -0.05) is 11.6 Å². The zero-order chi connectivity index (χ0) is 19.1. The van der Waals surface area contributed by atoms with Gasteiger partial charge in [0.15, 0.2) is 0 Å². The van der Waals surface area contributed by atoms with E-state index in [1.807, 2.05) is 20.8 Å². The SMILES string of the molecule is COc1cc2c(cc1Cl)[nH]c(=O)n2C1CCN(C(=O)OC(C)(C)C)CC1. The quantitative estimate of drug-likeness (QED) is 0.862. The second-order valence-electron chi connectivity index (χ2n) is 7.50. The minimum atomic E-state index is -0.516. The fourth-order valence-electron chi connectivity index (χ4n) is 3.28. The zero-order valence-corrected chi connectivity index (χ0v) is 16.2. The number of hydrogen-bond acceptors (Lipinski definition) is 4. The van der Waals surface area contributed by atoms with E-state index in [2.05, 4.69) is 4.98 Å². The smallest absolute Gasteiger partial charge is 0.410 e. The molecule has 0 aliphatic carbocycles. The molecule has 1 aliphatic rings. The van der Waals surface area contributed by atoms with Crippen LogP contribution in [0.25, 0.3) is 11.0 Å². The first-order chi connectivity index (χ1) is 12.2. The number of halogens is 1. The van der Waals surface area contributed by atoms with Gasteiger partial charge >= 0.3 is 11.8 Å². The summed E-state index contributed by atoms with van der Waals surface area (Å²) >= 11 is 6.14. The molecule has 1 aromatic carbocycles. The molecule has 0 unspecified atom stereocenters. The van der Waals surface area contributed by atoms with E-state index in [0.717, 1.165) is 5.52 Å². The maximum atomic E-state index is 12.5. The molecule has 0 bridgehead atoms. The number of nitrogens with zero attached hydrogens (tertiary/aromatic N) is 2. The Bertz CT molecular complexity index is 873. The number of aromatic nitrogens is 2. The summed E-state index contributed by atoms with van der Waals surface area (Å²) in [5, 5.41) is 0.452. The highest BCUT2D eigenvalue weighted by Gasteiger charge is 2.29. The number of carbonyl (C=O) groups is 1. The number of carbonyl (C=O) groups excluding carboxylic acids is 1. The highest BCUT2D eigenvalue weighted by molar-refractivity contribution is 6.32. The van der Waals surface area contributed by atoms with Crippen molar-refractivity contribution in [3.8, 4) is 5.75 Å². The molecule has 7 nitrogen and oxygen atoms in total. The summed E-state index contributed by atoms with van der Waals surface area (Å²) in [7, 11) is 1.54. The van der Waals surface area contributed by atoms with Crippen LogP contribution in [0.2, 0.25) is 5.02 Å². The van der Waals surface area contributed by atoms with Crippen LogP contribution in [0.4, 0.5) is 4.79 Å². The minimum absolute atomic E-state index is 0.000758. The Labute approximate surface area is 156 Å². The molecule has 0 saturated carbocycles. The lowest BCUT2D eigenvalue weighted by molar-refractivity contribution is 0.0189. The fraction of sp³-hybridized carbons (Fsp3) is 0.556. The molecule has 1 amide bonds. The van der Waals surface area contributed by atoms with Gasteiger partial charge in [0.1, 0.15) is 11.4 Å². The molecular weight excluding hydrogens is 358 g/mol. The van der Waals surface area contributed by atoms with Crippen molar-refractivity contribution in [3.63, 3.8) is 0 Å². The Kier molecular flexibility index (Phi) is 4.92. The van der Waals surface area contributed by atoms with E-state index < -0.39 is 5.60 Å². The van der Waals surface area contributed by atoms with Crippen molar-refractivity contribution in [3.05, 3.63) is 27.6 Å². The van der Waals surface area contributed by atoms with Gasteiger partial charge in [-0.2, -0.15) is 0 Å². The van der Waals surface area contributed by atoms with Crippen LogP contribution in [0.5, 0.6) is 5.75 Å². The Morgan fingerprint density at radius 2 is 1.92 bits per heavy atom. The van der Waals surface area contributed by atoms with Crippen LogP contribution in [-0.2, 0) is 4.74 Å². The number of amides is 1. The molecule has 26 heavy (non-hydrogen) atoms. The monoisotopic (exact) mass is 381 g/mol. The zero-order valence-electron chi connectivity index (χ0n) is 15.5. The van der Waals surface area contributed by atoms with Gasteiger partial charge < -0.3 is 19.4 Å². The van der Waals surface area contributed by atoms with E-state index in [0.29, 0.717) is 42.2 Å². The molecule has 2 heterocycles. The standard InChI is InChI=1S/C18H24ClN3O4/c1-18(2,3)26-17(24)21-7-5-11(6-8-21)22-14-10-15(25-4)12(19)9-13(14)20-16(22)23/h9-11H,5-8H2,1-4H3,(H,20,23). The lowest BCUT2D eigenvalue weighted by Crippen LogP contribution is -2.43. The maximum absolute atomic E-state index is 12.5. The lowest BCUT2D eigenvalue weighted by atomic mass is 10.0. The topological polar surface area (TPSA) is 76.6 Å². The number of H-pyrrole nitrogens is 1. The fourth-order valence-corrected chi connectivity index (χ4v) is 3.52. The maximum Gasteiger partial charge on any atom is 0.410 e. The molecular formula is C18H24ClN3O4. The van der Waals surface area contributed by atoms with Crippen molar-refractivity contribution in [1.29, 1.82) is 0 Å². The Hall–Kier alpha value is -2.15. The van der Waals surface area contributed by atoms with Crippen LogP contribution < -0.4 is 10.4 Å². The summed E-state index contributed by atoms with van der Waals surface area (Å²) in [5.41, 5.74) is 0.736. The van der Waals surface area contributed by atoms with Crippen LogP contribution in [0.1, 0.15) is 39.7 Å². The second-order valence-corrected chi connectivity index (χ2v) is 7.91. The van der Waals surface area contributed by atoms with Crippen molar-refractivity contribution in [1.82, 2.24) is 14.5 Å². The molecule has 0 atom stereocenters. The first-order valence-electron chi connectivity index (χ1n) is 8.65. The number of fused-ring (bicyclic) bond motifs is 1. The van der Waals surface area contributed by atoms with Gasteiger partial charge in [0.2, 0.25) is 0 Å². The molecule has 1 fully saturated rings. The third-order valence-corrected chi connectivity index (χ3v) is 4.77. The number of likely N-dealkylation sites (tertiary alicyclic amines) is 1. The number of hydrogen-bond donors (Lipinski definition) is 1. The lowest BCUT2D eigenvalue weighted by Gasteiger charge is -2.33. The number of rotatable bonds is 2. The molecule has 1 saturated heterocycles. The van der Waals surface area contributed by atoms with E-state index in [-0.39, 0.29) is 17.8 Å². The van der Waals surface area contributed by atoms with Gasteiger partial charge in [0.05, 0.1) is 23.2 Å². The average molecular weight is 382 g/mol. The van der Waals surface area contributed by atoms with Gasteiger partial charge in [-0.15, -0.1) is 0 Å². The summed E-state index contributed by atoms with van der Waals surface area (Å²) in [5.74, 6) is 0.526. The van der Waals surface area contributed by atoms with Crippen molar-refractivity contribution < 1.29 is 14.3 Å². The van der Waals surface area contributed by atoms with Crippen LogP contribution in [0.15, 0.2) is 16.9 Å². The Morgan fingerprint density at radius 1 is 1.27 bits per heavy atom. The number of imidazole rings is 1. The van der Waals surface area contributed by atoms with Gasteiger partial charge in [0, 0.05) is 25.2 Å². The summed E-state index contributed by atoms with van der Waals surface area (Å²) in [6.45, 7) is 6.64. The van der Waals surface area contributed by atoms with Crippen LogP contribution in [0, 0.1) is 0 Å². The van der Waals surface area contributed by atoms with Gasteiger partial charge in [-0.05, 0) is 39.7 Å². The first kappa shape index (κ1) is 18.6. The number of aromatic amines is 1. The predicted molar refractivity (Wildman–Crippen MR) is 100 cm³/mol. The van der Waals surface area contributed by atoms with Crippen LogP contribution in [-0.4, -0.2) is 46.3 Å². The molecule has 3 rings (SSSR count). The molecule has 0 spiro atoms. The normalized spacial score (nSPS) is 16.1. The van der Waals surface area contributed by atoms with E-state index >= 15 is 0 Å². The van der Waals surface area contributed by atoms with E-state index in [1.165, 1.54) is 0 Å².